The molecule has 2 aliphatic heterocycles. The van der Waals surface area contributed by atoms with Crippen LogP contribution in [0.15, 0.2) is 4.99 Å². The second kappa shape index (κ2) is 8.39. The molecule has 2 saturated heterocycles. The highest BCUT2D eigenvalue weighted by Gasteiger charge is 2.24. The van der Waals surface area contributed by atoms with Crippen molar-refractivity contribution >= 4 is 11.9 Å². The van der Waals surface area contributed by atoms with Gasteiger partial charge in [0.05, 0.1) is 6.54 Å². The molecule has 2 unspecified atom stereocenters. The predicted octanol–water partition coefficient (Wildman–Crippen LogP) is 1.94. The molecule has 1 amide bonds. The maximum Gasteiger partial charge on any atom is 0.224 e. The molecule has 1 N–H and O–H groups in total. The second-order valence-electron chi connectivity index (χ2n) is 6.92. The number of likely N-dealkylation sites (tertiary alicyclic amines) is 2. The molecule has 22 heavy (non-hydrogen) atoms. The topological polar surface area (TPSA) is 47.9 Å². The van der Waals surface area contributed by atoms with Crippen LogP contribution in [-0.2, 0) is 4.79 Å². The zero-order chi connectivity index (χ0) is 15.9. The number of hydrogen-bond acceptors (Lipinski definition) is 2. The SMILES string of the molecule is CCNC(=NCCC(=O)N1CCCC1)N1CC(C)CC(C)C1. The number of carbonyl (C=O) groups excluding carboxylic acids is 1. The average molecular weight is 308 g/mol. The first-order chi connectivity index (χ1) is 10.6. The van der Waals surface area contributed by atoms with E-state index in [9.17, 15) is 4.79 Å². The Morgan fingerprint density at radius 2 is 1.77 bits per heavy atom. The molecule has 0 aromatic rings. The number of aliphatic imine (C=N–C) groups is 1. The maximum atomic E-state index is 12.1. The molecule has 0 aliphatic carbocycles. The van der Waals surface area contributed by atoms with Crippen LogP contribution in [0.4, 0.5) is 0 Å². The van der Waals surface area contributed by atoms with Gasteiger partial charge in [-0.2, -0.15) is 0 Å². The molecule has 0 radical (unpaired) electrons. The van der Waals surface area contributed by atoms with Gasteiger partial charge >= 0.3 is 0 Å². The lowest BCUT2D eigenvalue weighted by atomic mass is 9.92. The Hall–Kier alpha value is -1.26. The van der Waals surface area contributed by atoms with Gasteiger partial charge in [0.15, 0.2) is 5.96 Å². The van der Waals surface area contributed by atoms with Crippen LogP contribution in [0, 0.1) is 11.8 Å². The quantitative estimate of drug-likeness (QED) is 0.638. The molecule has 0 saturated carbocycles. The molecule has 0 spiro atoms. The third kappa shape index (κ3) is 4.89. The highest BCUT2D eigenvalue weighted by molar-refractivity contribution is 5.81. The van der Waals surface area contributed by atoms with Crippen molar-refractivity contribution < 1.29 is 4.79 Å². The zero-order valence-corrected chi connectivity index (χ0v) is 14.5. The van der Waals surface area contributed by atoms with E-state index in [2.05, 4.69) is 31.0 Å². The summed E-state index contributed by atoms with van der Waals surface area (Å²) in [5.41, 5.74) is 0. The summed E-state index contributed by atoms with van der Waals surface area (Å²) < 4.78 is 0. The molecule has 2 atom stereocenters. The third-order valence-corrected chi connectivity index (χ3v) is 4.55. The standard InChI is InChI=1S/C17H32N4O/c1-4-18-17(21-12-14(2)11-15(3)13-21)19-8-7-16(22)20-9-5-6-10-20/h14-15H,4-13H2,1-3H3,(H,18,19). The van der Waals surface area contributed by atoms with Gasteiger partial charge in [-0.3, -0.25) is 9.79 Å². The molecule has 0 bridgehead atoms. The van der Waals surface area contributed by atoms with E-state index < -0.39 is 0 Å². The van der Waals surface area contributed by atoms with Gasteiger partial charge in [-0.15, -0.1) is 0 Å². The number of piperidine rings is 1. The van der Waals surface area contributed by atoms with Crippen molar-refractivity contribution in [3.63, 3.8) is 0 Å². The van der Waals surface area contributed by atoms with Crippen LogP contribution in [0.2, 0.25) is 0 Å². The molecular weight excluding hydrogens is 276 g/mol. The van der Waals surface area contributed by atoms with Crippen molar-refractivity contribution in [2.45, 2.75) is 46.5 Å². The van der Waals surface area contributed by atoms with Crippen LogP contribution in [0.3, 0.4) is 0 Å². The molecule has 2 aliphatic rings. The van der Waals surface area contributed by atoms with E-state index in [1.165, 1.54) is 6.42 Å². The molecule has 2 rings (SSSR count). The summed E-state index contributed by atoms with van der Waals surface area (Å²) in [6.07, 6.45) is 4.14. The van der Waals surface area contributed by atoms with E-state index in [4.69, 9.17) is 4.99 Å². The summed E-state index contributed by atoms with van der Waals surface area (Å²) in [6, 6.07) is 0. The van der Waals surface area contributed by atoms with E-state index in [1.54, 1.807) is 0 Å². The lowest BCUT2D eigenvalue weighted by Crippen LogP contribution is -2.48. The van der Waals surface area contributed by atoms with E-state index in [0.29, 0.717) is 24.8 Å². The number of guanidine groups is 1. The Morgan fingerprint density at radius 3 is 2.36 bits per heavy atom. The smallest absolute Gasteiger partial charge is 0.224 e. The van der Waals surface area contributed by atoms with Gasteiger partial charge in [-0.1, -0.05) is 13.8 Å². The maximum absolute atomic E-state index is 12.1. The molecule has 0 aromatic heterocycles. The first kappa shape index (κ1) is 17.1. The summed E-state index contributed by atoms with van der Waals surface area (Å²) >= 11 is 0. The van der Waals surface area contributed by atoms with Crippen LogP contribution in [-0.4, -0.2) is 60.9 Å². The van der Waals surface area contributed by atoms with Crippen LogP contribution < -0.4 is 5.32 Å². The minimum atomic E-state index is 0.262. The monoisotopic (exact) mass is 308 g/mol. The number of nitrogens with one attached hydrogen (secondary N) is 1. The van der Waals surface area contributed by atoms with Crippen LogP contribution in [0.5, 0.6) is 0 Å². The largest absolute Gasteiger partial charge is 0.357 e. The van der Waals surface area contributed by atoms with E-state index in [0.717, 1.165) is 51.5 Å². The van der Waals surface area contributed by atoms with Gasteiger partial charge in [0.25, 0.3) is 0 Å². The lowest BCUT2D eigenvalue weighted by molar-refractivity contribution is -0.129. The Balaban J connectivity index is 1.87. The molecule has 126 valence electrons. The van der Waals surface area contributed by atoms with Gasteiger partial charge in [0.2, 0.25) is 5.91 Å². The normalized spacial score (nSPS) is 26.4. The fourth-order valence-electron chi connectivity index (χ4n) is 3.64. The van der Waals surface area contributed by atoms with Crippen molar-refractivity contribution in [1.82, 2.24) is 15.1 Å². The Bertz CT molecular complexity index is 380. The van der Waals surface area contributed by atoms with Gasteiger partial charge in [0.1, 0.15) is 0 Å². The molecule has 0 aromatic carbocycles. The fraction of sp³-hybridized carbons (Fsp3) is 0.882. The molecule has 2 heterocycles. The molecular formula is C17H32N4O. The highest BCUT2D eigenvalue weighted by atomic mass is 16.2. The van der Waals surface area contributed by atoms with Crippen molar-refractivity contribution in [2.75, 3.05) is 39.3 Å². The summed E-state index contributed by atoms with van der Waals surface area (Å²) in [7, 11) is 0. The number of amides is 1. The number of rotatable bonds is 4. The van der Waals surface area contributed by atoms with E-state index in [1.807, 2.05) is 4.90 Å². The second-order valence-corrected chi connectivity index (χ2v) is 6.92. The first-order valence-electron chi connectivity index (χ1n) is 8.91. The fourth-order valence-corrected chi connectivity index (χ4v) is 3.64. The van der Waals surface area contributed by atoms with E-state index in [-0.39, 0.29) is 5.91 Å². The lowest BCUT2D eigenvalue weighted by Gasteiger charge is -2.37. The summed E-state index contributed by atoms with van der Waals surface area (Å²) in [4.78, 5) is 21.1. The number of nitrogens with zero attached hydrogens (tertiary/aromatic N) is 3. The Morgan fingerprint density at radius 1 is 1.14 bits per heavy atom. The predicted molar refractivity (Wildman–Crippen MR) is 90.9 cm³/mol. The van der Waals surface area contributed by atoms with Crippen molar-refractivity contribution in [2.24, 2.45) is 16.8 Å². The Labute approximate surface area is 135 Å². The van der Waals surface area contributed by atoms with Gasteiger partial charge in [0, 0.05) is 39.1 Å². The average Bonchev–Trinajstić information content (AvgIpc) is 2.99. The highest BCUT2D eigenvalue weighted by Crippen LogP contribution is 2.20. The minimum absolute atomic E-state index is 0.262. The molecule has 5 heteroatoms. The van der Waals surface area contributed by atoms with Gasteiger partial charge in [-0.25, -0.2) is 0 Å². The molecule has 2 fully saturated rings. The summed E-state index contributed by atoms with van der Waals surface area (Å²) in [5.74, 6) is 2.66. The van der Waals surface area contributed by atoms with Crippen LogP contribution in [0.25, 0.3) is 0 Å². The van der Waals surface area contributed by atoms with Crippen molar-refractivity contribution in [3.05, 3.63) is 0 Å². The van der Waals surface area contributed by atoms with E-state index >= 15 is 0 Å². The van der Waals surface area contributed by atoms with Gasteiger partial charge < -0.3 is 15.1 Å². The summed E-state index contributed by atoms with van der Waals surface area (Å²) in [5, 5.41) is 3.39. The minimum Gasteiger partial charge on any atom is -0.357 e. The summed E-state index contributed by atoms with van der Waals surface area (Å²) in [6.45, 7) is 12.2. The third-order valence-electron chi connectivity index (χ3n) is 4.55. The molecule has 5 nitrogen and oxygen atoms in total. The van der Waals surface area contributed by atoms with Crippen LogP contribution >= 0.6 is 0 Å². The van der Waals surface area contributed by atoms with Gasteiger partial charge in [-0.05, 0) is 38.0 Å². The number of hydrogen-bond donors (Lipinski definition) is 1. The Kier molecular flexibility index (Phi) is 6.52. The zero-order valence-electron chi connectivity index (χ0n) is 14.5. The first-order valence-corrected chi connectivity index (χ1v) is 8.91. The van der Waals surface area contributed by atoms with Crippen molar-refractivity contribution in [1.29, 1.82) is 0 Å². The number of carbonyl (C=O) groups is 1. The van der Waals surface area contributed by atoms with Crippen molar-refractivity contribution in [3.8, 4) is 0 Å². The van der Waals surface area contributed by atoms with Crippen LogP contribution in [0.1, 0.15) is 46.5 Å².